The van der Waals surface area contributed by atoms with Gasteiger partial charge in [0, 0.05) is 13.1 Å². The largest absolute Gasteiger partial charge is 0.469 e. The summed E-state index contributed by atoms with van der Waals surface area (Å²) >= 11 is 0. The standard InChI is InChI=1S/C26H39NO4/c1-19-6-9-23-25(2,11-5-12-26(23,3)24(28)29-4)21(19)8-7-20-10-15-31-22(20)18-27-13-16-30-17-14-27/h10,15,21,23H,1,5-9,11-14,16-18H2,2-4H3/t21-,23+,25+,26-/m0/s1. The third-order valence-electron chi connectivity index (χ3n) is 8.68. The van der Waals surface area contributed by atoms with Crippen LogP contribution in [0.15, 0.2) is 28.9 Å². The summed E-state index contributed by atoms with van der Waals surface area (Å²) in [6.45, 7) is 13.4. The highest BCUT2D eigenvalue weighted by atomic mass is 16.5. The first-order valence-electron chi connectivity index (χ1n) is 12.0. The molecule has 5 heteroatoms. The molecule has 0 spiro atoms. The second-order valence-corrected chi connectivity index (χ2v) is 10.4. The molecule has 1 aromatic heterocycles. The van der Waals surface area contributed by atoms with Crippen LogP contribution in [-0.2, 0) is 27.2 Å². The van der Waals surface area contributed by atoms with Crippen LogP contribution in [0.5, 0.6) is 0 Å². The van der Waals surface area contributed by atoms with Gasteiger partial charge in [0.1, 0.15) is 5.76 Å². The van der Waals surface area contributed by atoms with E-state index in [1.54, 1.807) is 0 Å². The molecule has 172 valence electrons. The molecule has 3 aliphatic rings. The third-order valence-corrected chi connectivity index (χ3v) is 8.68. The molecule has 0 amide bonds. The summed E-state index contributed by atoms with van der Waals surface area (Å²) in [5, 5.41) is 0. The molecule has 0 radical (unpaired) electrons. The second kappa shape index (κ2) is 9.11. The number of hydrogen-bond donors (Lipinski definition) is 0. The molecule has 0 unspecified atom stereocenters. The van der Waals surface area contributed by atoms with Crippen molar-refractivity contribution in [3.05, 3.63) is 35.8 Å². The van der Waals surface area contributed by atoms with Gasteiger partial charge < -0.3 is 13.9 Å². The summed E-state index contributed by atoms with van der Waals surface area (Å²) in [5.74, 6) is 1.85. The van der Waals surface area contributed by atoms with Crippen molar-refractivity contribution in [3.8, 4) is 0 Å². The zero-order chi connectivity index (χ0) is 22.1. The lowest BCUT2D eigenvalue weighted by Crippen LogP contribution is -2.53. The summed E-state index contributed by atoms with van der Waals surface area (Å²) in [6, 6.07) is 2.14. The number of furan rings is 1. The lowest BCUT2D eigenvalue weighted by molar-refractivity contribution is -0.168. The van der Waals surface area contributed by atoms with E-state index < -0.39 is 0 Å². The maximum absolute atomic E-state index is 12.8. The van der Waals surface area contributed by atoms with Crippen LogP contribution in [0.4, 0.5) is 0 Å². The van der Waals surface area contributed by atoms with Crippen molar-refractivity contribution >= 4 is 5.97 Å². The average Bonchev–Trinajstić information content (AvgIpc) is 3.20. The fourth-order valence-corrected chi connectivity index (χ4v) is 6.95. The highest BCUT2D eigenvalue weighted by molar-refractivity contribution is 5.77. The SMILES string of the molecule is C=C1CC[C@@H]2[C@](C)(CCC[C@]2(C)C(=O)OC)[C@H]1CCc1ccoc1CN1CCOCC1. The molecule has 4 atom stereocenters. The van der Waals surface area contributed by atoms with E-state index in [0.29, 0.717) is 11.8 Å². The van der Waals surface area contributed by atoms with E-state index in [1.807, 2.05) is 6.26 Å². The fraction of sp³-hybridized carbons (Fsp3) is 0.731. The zero-order valence-corrected chi connectivity index (χ0v) is 19.6. The van der Waals surface area contributed by atoms with E-state index in [1.165, 1.54) is 24.7 Å². The predicted octanol–water partition coefficient (Wildman–Crippen LogP) is 5.00. The number of carbonyl (C=O) groups excluding carboxylic acids is 1. The van der Waals surface area contributed by atoms with Gasteiger partial charge in [-0.3, -0.25) is 9.69 Å². The highest BCUT2D eigenvalue weighted by Gasteiger charge is 2.57. The van der Waals surface area contributed by atoms with Crippen LogP contribution in [-0.4, -0.2) is 44.3 Å². The fourth-order valence-electron chi connectivity index (χ4n) is 6.95. The maximum atomic E-state index is 12.8. The first-order valence-corrected chi connectivity index (χ1v) is 12.0. The molecule has 1 aliphatic heterocycles. The van der Waals surface area contributed by atoms with E-state index in [9.17, 15) is 4.79 Å². The van der Waals surface area contributed by atoms with Gasteiger partial charge in [0.15, 0.2) is 0 Å². The Morgan fingerprint density at radius 3 is 2.81 bits per heavy atom. The summed E-state index contributed by atoms with van der Waals surface area (Å²) < 4.78 is 16.6. The molecule has 31 heavy (non-hydrogen) atoms. The topological polar surface area (TPSA) is 51.9 Å². The van der Waals surface area contributed by atoms with Crippen LogP contribution in [0, 0.1) is 22.7 Å². The summed E-state index contributed by atoms with van der Waals surface area (Å²) in [6.07, 6.45) is 9.14. The minimum atomic E-state index is -0.377. The Labute approximate surface area is 187 Å². The van der Waals surface area contributed by atoms with Crippen LogP contribution >= 0.6 is 0 Å². The Morgan fingerprint density at radius 1 is 1.29 bits per heavy atom. The van der Waals surface area contributed by atoms with Gasteiger partial charge in [-0.15, -0.1) is 0 Å². The molecule has 2 saturated carbocycles. The van der Waals surface area contributed by atoms with Gasteiger partial charge in [-0.2, -0.15) is 0 Å². The Morgan fingerprint density at radius 2 is 2.06 bits per heavy atom. The quantitative estimate of drug-likeness (QED) is 0.471. The van der Waals surface area contributed by atoms with Crippen LogP contribution in [0.25, 0.3) is 0 Å². The maximum Gasteiger partial charge on any atom is 0.311 e. The molecular formula is C26H39NO4. The van der Waals surface area contributed by atoms with Gasteiger partial charge in [-0.05, 0) is 74.3 Å². The van der Waals surface area contributed by atoms with Gasteiger partial charge in [0.2, 0.25) is 0 Å². The van der Waals surface area contributed by atoms with Crippen molar-refractivity contribution in [1.82, 2.24) is 4.90 Å². The summed E-state index contributed by atoms with van der Waals surface area (Å²) in [5.41, 5.74) is 2.41. The minimum Gasteiger partial charge on any atom is -0.469 e. The molecular weight excluding hydrogens is 390 g/mol. The highest BCUT2D eigenvalue weighted by Crippen LogP contribution is 2.62. The first-order chi connectivity index (χ1) is 14.9. The number of allylic oxidation sites excluding steroid dienone is 1. The predicted molar refractivity (Wildman–Crippen MR) is 121 cm³/mol. The molecule has 5 nitrogen and oxygen atoms in total. The Bertz CT molecular complexity index is 795. The minimum absolute atomic E-state index is 0.0303. The Kier molecular flexibility index (Phi) is 6.64. The molecule has 0 N–H and O–H groups in total. The van der Waals surface area contributed by atoms with Crippen molar-refractivity contribution in [3.63, 3.8) is 0 Å². The number of esters is 1. The molecule has 3 fully saturated rings. The number of fused-ring (bicyclic) bond motifs is 1. The average molecular weight is 430 g/mol. The van der Waals surface area contributed by atoms with E-state index in [2.05, 4.69) is 31.4 Å². The second-order valence-electron chi connectivity index (χ2n) is 10.4. The monoisotopic (exact) mass is 429 g/mol. The van der Waals surface area contributed by atoms with Crippen molar-refractivity contribution in [2.45, 2.75) is 65.3 Å². The molecule has 0 bridgehead atoms. The van der Waals surface area contributed by atoms with E-state index in [4.69, 9.17) is 13.9 Å². The zero-order valence-electron chi connectivity index (χ0n) is 19.6. The smallest absolute Gasteiger partial charge is 0.311 e. The summed E-state index contributed by atoms with van der Waals surface area (Å²) in [7, 11) is 1.54. The molecule has 0 aromatic carbocycles. The van der Waals surface area contributed by atoms with Crippen LogP contribution < -0.4 is 0 Å². The molecule has 2 heterocycles. The first kappa shape index (κ1) is 22.6. The number of carbonyl (C=O) groups is 1. The molecule has 1 saturated heterocycles. The lowest BCUT2D eigenvalue weighted by Gasteiger charge is -2.57. The van der Waals surface area contributed by atoms with Gasteiger partial charge in [-0.1, -0.05) is 25.5 Å². The number of aryl methyl sites for hydroxylation is 1. The van der Waals surface area contributed by atoms with Gasteiger partial charge in [0.25, 0.3) is 0 Å². The molecule has 1 aromatic rings. The van der Waals surface area contributed by atoms with Gasteiger partial charge in [0.05, 0.1) is 38.5 Å². The van der Waals surface area contributed by atoms with Crippen molar-refractivity contribution in [2.24, 2.45) is 22.7 Å². The van der Waals surface area contributed by atoms with E-state index in [-0.39, 0.29) is 16.8 Å². The van der Waals surface area contributed by atoms with Crippen LogP contribution in [0.2, 0.25) is 0 Å². The number of nitrogens with zero attached hydrogens (tertiary/aromatic N) is 1. The molecule has 2 aliphatic carbocycles. The normalized spacial score (nSPS) is 34.4. The molecule has 4 rings (SSSR count). The van der Waals surface area contributed by atoms with E-state index in [0.717, 1.165) is 77.1 Å². The number of rotatable bonds is 6. The Balaban J connectivity index is 1.49. The van der Waals surface area contributed by atoms with Gasteiger partial charge >= 0.3 is 5.97 Å². The summed E-state index contributed by atoms with van der Waals surface area (Å²) in [4.78, 5) is 15.2. The number of hydrogen-bond acceptors (Lipinski definition) is 5. The Hall–Kier alpha value is -1.59. The van der Waals surface area contributed by atoms with Crippen LogP contribution in [0.3, 0.4) is 0 Å². The van der Waals surface area contributed by atoms with E-state index >= 15 is 0 Å². The lowest BCUT2D eigenvalue weighted by atomic mass is 9.46. The number of methoxy groups -OCH3 is 1. The van der Waals surface area contributed by atoms with Crippen LogP contribution in [0.1, 0.15) is 63.7 Å². The number of morpholine rings is 1. The van der Waals surface area contributed by atoms with Crippen molar-refractivity contribution in [2.75, 3.05) is 33.4 Å². The van der Waals surface area contributed by atoms with Gasteiger partial charge in [-0.25, -0.2) is 0 Å². The number of ether oxygens (including phenoxy) is 2. The third kappa shape index (κ3) is 4.23. The van der Waals surface area contributed by atoms with Crippen molar-refractivity contribution in [1.29, 1.82) is 0 Å². The van der Waals surface area contributed by atoms with Crippen molar-refractivity contribution < 1.29 is 18.7 Å².